The average molecular weight is 282 g/mol. The Kier molecular flexibility index (Phi) is 5.54. The van der Waals surface area contributed by atoms with Crippen LogP contribution in [0.3, 0.4) is 0 Å². The number of carboxylic acids is 1. The lowest BCUT2D eigenvalue weighted by Gasteiger charge is -2.25. The van der Waals surface area contributed by atoms with E-state index < -0.39 is 17.5 Å². The van der Waals surface area contributed by atoms with Gasteiger partial charge in [0.05, 0.1) is 6.20 Å². The monoisotopic (exact) mass is 282 g/mol. The van der Waals surface area contributed by atoms with E-state index in [4.69, 9.17) is 5.11 Å². The van der Waals surface area contributed by atoms with Crippen molar-refractivity contribution < 1.29 is 14.7 Å². The van der Waals surface area contributed by atoms with Gasteiger partial charge in [0.2, 0.25) is 0 Å². The van der Waals surface area contributed by atoms with Gasteiger partial charge in [-0.2, -0.15) is 5.10 Å². The zero-order valence-electron chi connectivity index (χ0n) is 12.1. The normalized spacial score (nSPS) is 13.6. The molecule has 1 rings (SSSR count). The van der Waals surface area contributed by atoms with Gasteiger partial charge in [0.1, 0.15) is 5.54 Å². The molecule has 1 aromatic rings. The van der Waals surface area contributed by atoms with E-state index in [1.165, 1.54) is 6.92 Å². The smallest absolute Gasteiger partial charge is 0.329 e. The minimum absolute atomic E-state index is 0.387. The first-order chi connectivity index (χ1) is 9.37. The van der Waals surface area contributed by atoms with Gasteiger partial charge in [0.15, 0.2) is 0 Å². The van der Waals surface area contributed by atoms with Crippen molar-refractivity contribution in [2.45, 2.75) is 38.6 Å². The predicted octanol–water partition coefficient (Wildman–Crippen LogP) is 0.905. The Morgan fingerprint density at radius 3 is 2.70 bits per heavy atom. The molecule has 2 amide bonds. The molecule has 1 aromatic heterocycles. The van der Waals surface area contributed by atoms with E-state index in [-0.39, 0.29) is 0 Å². The van der Waals surface area contributed by atoms with Crippen molar-refractivity contribution in [2.24, 2.45) is 7.05 Å². The second-order valence-corrected chi connectivity index (χ2v) is 5.04. The van der Waals surface area contributed by atoms with E-state index in [1.807, 2.05) is 20.2 Å². The Labute approximate surface area is 118 Å². The van der Waals surface area contributed by atoms with Crippen LogP contribution in [0.4, 0.5) is 4.79 Å². The van der Waals surface area contributed by atoms with Crippen LogP contribution in [-0.4, -0.2) is 39.0 Å². The molecular formula is C13H22N4O3. The lowest BCUT2D eigenvalue weighted by Crippen LogP contribution is -2.55. The first-order valence-electron chi connectivity index (χ1n) is 6.64. The van der Waals surface area contributed by atoms with E-state index in [0.29, 0.717) is 25.8 Å². The maximum Gasteiger partial charge on any atom is 0.329 e. The fourth-order valence-corrected chi connectivity index (χ4v) is 1.94. The molecular weight excluding hydrogens is 260 g/mol. The van der Waals surface area contributed by atoms with Crippen LogP contribution in [0.15, 0.2) is 12.4 Å². The second-order valence-electron chi connectivity index (χ2n) is 5.04. The van der Waals surface area contributed by atoms with Crippen molar-refractivity contribution in [3.05, 3.63) is 18.0 Å². The van der Waals surface area contributed by atoms with Crippen LogP contribution in [0.1, 0.15) is 32.3 Å². The minimum Gasteiger partial charge on any atom is -0.480 e. The van der Waals surface area contributed by atoms with Gasteiger partial charge >= 0.3 is 12.0 Å². The van der Waals surface area contributed by atoms with E-state index in [2.05, 4.69) is 15.7 Å². The minimum atomic E-state index is -1.23. The molecule has 7 nitrogen and oxygen atoms in total. The summed E-state index contributed by atoms with van der Waals surface area (Å²) in [6.45, 7) is 3.82. The SMILES string of the molecule is CCCC(C)(NC(=O)NCCc1cnn(C)c1)C(=O)O. The van der Waals surface area contributed by atoms with Crippen LogP contribution in [0.5, 0.6) is 0 Å². The molecule has 20 heavy (non-hydrogen) atoms. The Morgan fingerprint density at radius 1 is 1.50 bits per heavy atom. The largest absolute Gasteiger partial charge is 0.480 e. The first kappa shape index (κ1) is 16.0. The molecule has 0 spiro atoms. The molecule has 3 N–H and O–H groups in total. The third-order valence-electron chi connectivity index (χ3n) is 3.07. The number of rotatable bonds is 7. The molecule has 0 saturated carbocycles. The highest BCUT2D eigenvalue weighted by molar-refractivity contribution is 5.85. The van der Waals surface area contributed by atoms with Crippen molar-refractivity contribution in [1.29, 1.82) is 0 Å². The topological polar surface area (TPSA) is 96.3 Å². The fourth-order valence-electron chi connectivity index (χ4n) is 1.94. The summed E-state index contributed by atoms with van der Waals surface area (Å²) < 4.78 is 1.69. The van der Waals surface area contributed by atoms with Crippen LogP contribution in [0, 0.1) is 0 Å². The summed E-state index contributed by atoms with van der Waals surface area (Å²) in [5.41, 5.74) is -0.213. The fraction of sp³-hybridized carbons (Fsp3) is 0.615. The zero-order chi connectivity index (χ0) is 15.2. The van der Waals surface area contributed by atoms with Gasteiger partial charge in [-0.15, -0.1) is 0 Å². The number of carboxylic acid groups (broad SMARTS) is 1. The molecule has 0 aliphatic heterocycles. The number of amides is 2. The molecule has 112 valence electrons. The molecule has 0 radical (unpaired) electrons. The van der Waals surface area contributed by atoms with Gasteiger partial charge in [-0.3, -0.25) is 4.68 Å². The number of hydrogen-bond acceptors (Lipinski definition) is 3. The third-order valence-corrected chi connectivity index (χ3v) is 3.07. The standard InChI is InChI=1S/C13H22N4O3/c1-4-6-13(2,11(18)19)16-12(20)14-7-5-10-8-15-17(3)9-10/h8-9H,4-7H2,1-3H3,(H,18,19)(H2,14,16,20). The number of nitrogens with zero attached hydrogens (tertiary/aromatic N) is 2. The van der Waals surface area contributed by atoms with E-state index >= 15 is 0 Å². The Morgan fingerprint density at radius 2 is 2.20 bits per heavy atom. The number of hydrogen-bond donors (Lipinski definition) is 3. The van der Waals surface area contributed by atoms with Crippen LogP contribution >= 0.6 is 0 Å². The van der Waals surface area contributed by atoms with Gasteiger partial charge in [-0.25, -0.2) is 9.59 Å². The number of carbonyl (C=O) groups is 2. The third kappa shape index (κ3) is 4.56. The van der Waals surface area contributed by atoms with Crippen LogP contribution in [0.2, 0.25) is 0 Å². The van der Waals surface area contributed by atoms with Gasteiger partial charge in [-0.1, -0.05) is 13.3 Å². The number of nitrogens with one attached hydrogen (secondary N) is 2. The summed E-state index contributed by atoms with van der Waals surface area (Å²) in [5, 5.41) is 18.4. The molecule has 0 aromatic carbocycles. The number of aryl methyl sites for hydroxylation is 1. The van der Waals surface area contributed by atoms with Gasteiger partial charge in [-0.05, 0) is 25.3 Å². The predicted molar refractivity (Wildman–Crippen MR) is 74.4 cm³/mol. The lowest BCUT2D eigenvalue weighted by molar-refractivity contribution is -0.144. The van der Waals surface area contributed by atoms with Crippen molar-refractivity contribution >= 4 is 12.0 Å². The number of aromatic nitrogens is 2. The van der Waals surface area contributed by atoms with Crippen LogP contribution in [-0.2, 0) is 18.3 Å². The molecule has 0 aliphatic rings. The maximum absolute atomic E-state index is 11.7. The van der Waals surface area contributed by atoms with Crippen molar-refractivity contribution in [2.75, 3.05) is 6.54 Å². The highest BCUT2D eigenvalue weighted by atomic mass is 16.4. The zero-order valence-corrected chi connectivity index (χ0v) is 12.1. The van der Waals surface area contributed by atoms with Gasteiger partial charge < -0.3 is 15.7 Å². The van der Waals surface area contributed by atoms with E-state index in [1.54, 1.807) is 10.9 Å². The number of carbonyl (C=O) groups excluding carboxylic acids is 1. The lowest BCUT2D eigenvalue weighted by atomic mass is 9.97. The molecule has 0 fully saturated rings. The highest BCUT2D eigenvalue weighted by Gasteiger charge is 2.33. The van der Waals surface area contributed by atoms with Crippen molar-refractivity contribution in [3.63, 3.8) is 0 Å². The second kappa shape index (κ2) is 6.93. The molecule has 7 heteroatoms. The average Bonchev–Trinajstić information content (AvgIpc) is 2.75. The maximum atomic E-state index is 11.7. The van der Waals surface area contributed by atoms with Crippen molar-refractivity contribution in [3.8, 4) is 0 Å². The summed E-state index contributed by atoms with van der Waals surface area (Å²) in [5.74, 6) is -1.03. The van der Waals surface area contributed by atoms with Gasteiger partial charge in [0.25, 0.3) is 0 Å². The Balaban J connectivity index is 2.40. The number of urea groups is 1. The molecule has 1 unspecified atom stereocenters. The molecule has 0 saturated heterocycles. The van der Waals surface area contributed by atoms with Gasteiger partial charge in [0, 0.05) is 19.8 Å². The first-order valence-corrected chi connectivity index (χ1v) is 6.64. The molecule has 1 heterocycles. The molecule has 1 atom stereocenters. The van der Waals surface area contributed by atoms with E-state index in [9.17, 15) is 9.59 Å². The van der Waals surface area contributed by atoms with E-state index in [0.717, 1.165) is 5.56 Å². The number of aliphatic carboxylic acids is 1. The van der Waals surface area contributed by atoms with Crippen LogP contribution < -0.4 is 10.6 Å². The summed E-state index contributed by atoms with van der Waals surface area (Å²) in [6, 6.07) is -0.466. The Bertz CT molecular complexity index is 472. The van der Waals surface area contributed by atoms with Crippen LogP contribution in [0.25, 0.3) is 0 Å². The summed E-state index contributed by atoms with van der Waals surface area (Å²) >= 11 is 0. The van der Waals surface area contributed by atoms with Crippen molar-refractivity contribution in [1.82, 2.24) is 20.4 Å². The highest BCUT2D eigenvalue weighted by Crippen LogP contribution is 2.12. The summed E-state index contributed by atoms with van der Waals surface area (Å²) in [4.78, 5) is 22.9. The quantitative estimate of drug-likeness (QED) is 0.692. The summed E-state index contributed by atoms with van der Waals surface area (Å²) in [7, 11) is 1.83. The Hall–Kier alpha value is -2.05. The molecule has 0 bridgehead atoms. The molecule has 0 aliphatic carbocycles. The summed E-state index contributed by atoms with van der Waals surface area (Å²) in [6.07, 6.45) is 5.33.